The fourth-order valence-electron chi connectivity index (χ4n) is 3.43. The highest BCUT2D eigenvalue weighted by Gasteiger charge is 2.51. The molecule has 1 amide bonds. The summed E-state index contributed by atoms with van der Waals surface area (Å²) in [5, 5.41) is 11.2. The van der Waals surface area contributed by atoms with Crippen molar-refractivity contribution in [1.82, 2.24) is 0 Å². The van der Waals surface area contributed by atoms with Crippen molar-refractivity contribution in [2.45, 2.75) is 32.3 Å². The number of Topliss-reactive ketones (excluding diaryl/α,β-unsaturated/α-hetero) is 1. The molecule has 6 nitrogen and oxygen atoms in total. The van der Waals surface area contributed by atoms with E-state index < -0.39 is 23.9 Å². The number of amides is 1. The van der Waals surface area contributed by atoms with Gasteiger partial charge in [0.1, 0.15) is 6.54 Å². The number of para-hydroxylation sites is 1. The van der Waals surface area contributed by atoms with Crippen molar-refractivity contribution in [2.24, 2.45) is 0 Å². The molecule has 2 aromatic carbocycles. The first kappa shape index (κ1) is 19.8. The van der Waals surface area contributed by atoms with Gasteiger partial charge in [0.25, 0.3) is 5.91 Å². The van der Waals surface area contributed by atoms with E-state index in [1.807, 2.05) is 19.1 Å². The van der Waals surface area contributed by atoms with Gasteiger partial charge < -0.3 is 9.84 Å². The minimum Gasteiger partial charge on any atom is -0.465 e. The second-order valence-corrected chi connectivity index (χ2v) is 6.72. The van der Waals surface area contributed by atoms with E-state index in [2.05, 4.69) is 0 Å². The largest absolute Gasteiger partial charge is 0.465 e. The van der Waals surface area contributed by atoms with Gasteiger partial charge >= 0.3 is 5.97 Å². The van der Waals surface area contributed by atoms with E-state index in [0.717, 1.165) is 12.0 Å². The monoisotopic (exact) mass is 381 g/mol. The molecule has 2 aromatic rings. The molecule has 6 heteroatoms. The molecule has 0 aromatic heterocycles. The van der Waals surface area contributed by atoms with E-state index in [9.17, 15) is 19.5 Å². The number of nitrogens with zero attached hydrogens (tertiary/aromatic N) is 1. The standard InChI is InChI=1S/C22H23NO5/c1-3-15-9-11-16(12-10-15)19(24)13-22(27)17-7-5-6-8-18(17)23(21(22)26)14-20(25)28-4-2/h5-12,27H,3-4,13-14H2,1-2H3. The number of fused-ring (bicyclic) bond motifs is 1. The number of aryl methyl sites for hydroxylation is 1. The van der Waals surface area contributed by atoms with Crippen LogP contribution in [0.25, 0.3) is 0 Å². The molecule has 0 spiro atoms. The number of esters is 1. The number of carbonyl (C=O) groups is 3. The van der Waals surface area contributed by atoms with Gasteiger partial charge in [-0.15, -0.1) is 0 Å². The average molecular weight is 381 g/mol. The summed E-state index contributed by atoms with van der Waals surface area (Å²) in [6.07, 6.45) is 0.459. The Labute approximate surface area is 163 Å². The van der Waals surface area contributed by atoms with Crippen molar-refractivity contribution in [3.05, 3.63) is 65.2 Å². The number of ketones is 1. The van der Waals surface area contributed by atoms with Crippen LogP contribution in [0.15, 0.2) is 48.5 Å². The molecular weight excluding hydrogens is 358 g/mol. The number of benzene rings is 2. The predicted octanol–water partition coefficient (Wildman–Crippen LogP) is 2.62. The third-order valence-electron chi connectivity index (χ3n) is 4.93. The average Bonchev–Trinajstić information content (AvgIpc) is 2.90. The zero-order valence-electron chi connectivity index (χ0n) is 16.0. The second-order valence-electron chi connectivity index (χ2n) is 6.72. The van der Waals surface area contributed by atoms with Crippen molar-refractivity contribution in [3.8, 4) is 0 Å². The van der Waals surface area contributed by atoms with Crippen molar-refractivity contribution in [2.75, 3.05) is 18.1 Å². The molecule has 1 aliphatic rings. The van der Waals surface area contributed by atoms with Gasteiger partial charge in [-0.1, -0.05) is 49.4 Å². The predicted molar refractivity (Wildman–Crippen MR) is 104 cm³/mol. The van der Waals surface area contributed by atoms with Crippen LogP contribution in [0.4, 0.5) is 5.69 Å². The van der Waals surface area contributed by atoms with E-state index in [0.29, 0.717) is 16.8 Å². The number of aliphatic hydroxyl groups is 1. The molecule has 0 saturated carbocycles. The smallest absolute Gasteiger partial charge is 0.326 e. The number of hydrogen-bond acceptors (Lipinski definition) is 5. The van der Waals surface area contributed by atoms with Crippen molar-refractivity contribution < 1.29 is 24.2 Å². The van der Waals surface area contributed by atoms with Gasteiger partial charge in [0.2, 0.25) is 0 Å². The maximum absolute atomic E-state index is 13.0. The summed E-state index contributed by atoms with van der Waals surface area (Å²) < 4.78 is 4.93. The first-order valence-corrected chi connectivity index (χ1v) is 9.32. The highest BCUT2D eigenvalue weighted by molar-refractivity contribution is 6.12. The first-order valence-electron chi connectivity index (χ1n) is 9.32. The summed E-state index contributed by atoms with van der Waals surface area (Å²) >= 11 is 0. The third kappa shape index (κ3) is 3.55. The summed E-state index contributed by atoms with van der Waals surface area (Å²) in [6.45, 7) is 3.58. The molecule has 146 valence electrons. The molecule has 0 radical (unpaired) electrons. The Hall–Kier alpha value is -2.99. The molecule has 1 unspecified atom stereocenters. The van der Waals surface area contributed by atoms with E-state index in [1.165, 1.54) is 4.90 Å². The van der Waals surface area contributed by atoms with E-state index >= 15 is 0 Å². The van der Waals surface area contributed by atoms with Gasteiger partial charge in [0, 0.05) is 11.1 Å². The van der Waals surface area contributed by atoms with Crippen LogP contribution in [-0.2, 0) is 26.3 Å². The van der Waals surface area contributed by atoms with Gasteiger partial charge in [0.05, 0.1) is 18.7 Å². The minimum atomic E-state index is -2.01. The Balaban J connectivity index is 1.89. The highest BCUT2D eigenvalue weighted by atomic mass is 16.5. The van der Waals surface area contributed by atoms with E-state index in [4.69, 9.17) is 4.74 Å². The van der Waals surface area contributed by atoms with Crippen LogP contribution in [0.5, 0.6) is 0 Å². The fourth-order valence-corrected chi connectivity index (χ4v) is 3.43. The van der Waals surface area contributed by atoms with Crippen LogP contribution in [0.3, 0.4) is 0 Å². The molecule has 1 heterocycles. The zero-order chi connectivity index (χ0) is 20.3. The topological polar surface area (TPSA) is 83.9 Å². The maximum atomic E-state index is 13.0. The normalized spacial score (nSPS) is 18.1. The number of rotatable bonds is 7. The van der Waals surface area contributed by atoms with Gasteiger partial charge in [-0.05, 0) is 25.0 Å². The molecule has 0 bridgehead atoms. The van der Waals surface area contributed by atoms with Crippen LogP contribution in [0.1, 0.15) is 41.8 Å². The van der Waals surface area contributed by atoms with Crippen molar-refractivity contribution in [3.63, 3.8) is 0 Å². The number of hydrogen-bond donors (Lipinski definition) is 1. The molecule has 1 atom stereocenters. The van der Waals surface area contributed by atoms with E-state index in [1.54, 1.807) is 43.3 Å². The van der Waals surface area contributed by atoms with Crippen molar-refractivity contribution in [1.29, 1.82) is 0 Å². The second kappa shape index (κ2) is 7.94. The Morgan fingerprint density at radius 3 is 2.39 bits per heavy atom. The van der Waals surface area contributed by atoms with Crippen LogP contribution < -0.4 is 4.90 Å². The zero-order valence-corrected chi connectivity index (χ0v) is 16.0. The van der Waals surface area contributed by atoms with Crippen LogP contribution >= 0.6 is 0 Å². The summed E-state index contributed by atoms with van der Waals surface area (Å²) in [6, 6.07) is 13.8. The summed E-state index contributed by atoms with van der Waals surface area (Å²) in [5.41, 5.74) is 0.252. The molecule has 0 fully saturated rings. The highest BCUT2D eigenvalue weighted by Crippen LogP contribution is 2.42. The molecule has 3 rings (SSSR count). The molecule has 0 aliphatic carbocycles. The first-order chi connectivity index (χ1) is 13.4. The quantitative estimate of drug-likeness (QED) is 0.589. The van der Waals surface area contributed by atoms with Crippen molar-refractivity contribution >= 4 is 23.3 Å². The Bertz CT molecular complexity index is 905. The van der Waals surface area contributed by atoms with E-state index in [-0.39, 0.29) is 18.9 Å². The van der Waals surface area contributed by atoms with Gasteiger partial charge in [-0.3, -0.25) is 19.3 Å². The molecule has 0 saturated heterocycles. The van der Waals surface area contributed by atoms with Crippen LogP contribution in [0.2, 0.25) is 0 Å². The number of ether oxygens (including phenoxy) is 1. The Morgan fingerprint density at radius 2 is 1.75 bits per heavy atom. The summed E-state index contributed by atoms with van der Waals surface area (Å²) in [5.74, 6) is -1.61. The molecular formula is C22H23NO5. The van der Waals surface area contributed by atoms with Crippen LogP contribution in [-0.4, -0.2) is 35.9 Å². The van der Waals surface area contributed by atoms with Gasteiger partial charge in [-0.2, -0.15) is 0 Å². The Kier molecular flexibility index (Phi) is 5.61. The lowest BCUT2D eigenvalue weighted by Gasteiger charge is -2.22. The lowest BCUT2D eigenvalue weighted by Crippen LogP contribution is -2.44. The van der Waals surface area contributed by atoms with Gasteiger partial charge in [0.15, 0.2) is 11.4 Å². The molecule has 28 heavy (non-hydrogen) atoms. The Morgan fingerprint density at radius 1 is 1.07 bits per heavy atom. The lowest BCUT2D eigenvalue weighted by atomic mass is 9.88. The molecule has 1 aliphatic heterocycles. The third-order valence-corrected chi connectivity index (χ3v) is 4.93. The lowest BCUT2D eigenvalue weighted by molar-refractivity contribution is -0.144. The number of carbonyl (C=O) groups excluding carboxylic acids is 3. The number of anilines is 1. The summed E-state index contributed by atoms with van der Waals surface area (Å²) in [4.78, 5) is 38.9. The SMILES string of the molecule is CCOC(=O)CN1C(=O)C(O)(CC(=O)c2ccc(CC)cc2)c2ccccc21. The fraction of sp³-hybridized carbons (Fsp3) is 0.318. The van der Waals surface area contributed by atoms with Crippen LogP contribution in [0, 0.1) is 0 Å². The summed E-state index contributed by atoms with van der Waals surface area (Å²) in [7, 11) is 0. The molecule has 1 N–H and O–H groups in total. The van der Waals surface area contributed by atoms with Gasteiger partial charge in [-0.25, -0.2) is 0 Å². The maximum Gasteiger partial charge on any atom is 0.326 e. The minimum absolute atomic E-state index is 0.193.